The van der Waals surface area contributed by atoms with Crippen molar-refractivity contribution in [3.8, 4) is 59.2 Å². The topological polar surface area (TPSA) is 138 Å². The number of fused-ring (bicyclic) bond motifs is 5. The zero-order chi connectivity index (χ0) is 87.8. The molecule has 0 spiro atoms. The second-order valence-electron chi connectivity index (χ2n) is 37.8. The van der Waals surface area contributed by atoms with E-state index in [-0.39, 0.29) is 49.1 Å². The Kier molecular flexibility index (Phi) is 28.4. The number of nitrogens with zero attached hydrogens (tertiary/aromatic N) is 4. The van der Waals surface area contributed by atoms with Gasteiger partial charge in [0.25, 0.3) is 0 Å². The van der Waals surface area contributed by atoms with Crippen molar-refractivity contribution in [3.05, 3.63) is 309 Å². The van der Waals surface area contributed by atoms with Gasteiger partial charge in [-0.15, -0.1) is 11.8 Å². The number of esters is 1. The van der Waals surface area contributed by atoms with Crippen LogP contribution in [0.25, 0.3) is 0 Å². The van der Waals surface area contributed by atoms with E-state index in [4.69, 9.17) is 33.7 Å². The summed E-state index contributed by atoms with van der Waals surface area (Å²) in [5.74, 6) is 34.6. The summed E-state index contributed by atoms with van der Waals surface area (Å²) in [5, 5.41) is 0.777. The Morgan fingerprint density at radius 3 is 1.20 bits per heavy atom. The molecule has 2 N–H and O–H groups in total. The van der Waals surface area contributed by atoms with Crippen molar-refractivity contribution < 1.29 is 18.5 Å². The molecule has 0 amide bonds. The maximum atomic E-state index is 12.3. The van der Waals surface area contributed by atoms with Crippen LogP contribution in [0, 0.1) is 80.0 Å². The summed E-state index contributed by atoms with van der Waals surface area (Å²) in [4.78, 5) is 42.4. The van der Waals surface area contributed by atoms with Crippen LogP contribution in [0.15, 0.2) is 180 Å². The maximum Gasteiger partial charge on any atom is 0.339 e. The van der Waals surface area contributed by atoms with Crippen molar-refractivity contribution in [2.24, 2.45) is 0 Å². The molecule has 5 aliphatic rings. The number of benzene rings is 8. The number of aromatic nitrogens is 4. The summed E-state index contributed by atoms with van der Waals surface area (Å²) in [5.41, 5.74) is 31.0. The van der Waals surface area contributed by atoms with Crippen molar-refractivity contribution in [2.75, 3.05) is 23.8 Å². The molecule has 10 aromatic rings. The molecule has 0 radical (unpaired) electrons. The number of Topliss-reactive ketones (excluding diaryl/α,β-unsaturated/α-hetero) is 1. The van der Waals surface area contributed by atoms with Gasteiger partial charge in [0.15, 0.2) is 5.78 Å². The molecule has 1 unspecified atom stereocenters. The number of carbonyl (C=O) groups is 2. The molecule has 622 valence electrons. The van der Waals surface area contributed by atoms with Gasteiger partial charge < -0.3 is 10.5 Å². The molecular weight excluding hydrogens is 1570 g/mol. The van der Waals surface area contributed by atoms with Gasteiger partial charge in [-0.1, -0.05) is 212 Å². The first-order valence-corrected chi connectivity index (χ1v) is 45.1. The van der Waals surface area contributed by atoms with E-state index in [2.05, 4.69) is 263 Å². The molecule has 121 heavy (non-hydrogen) atoms. The number of rotatable bonds is 3. The van der Waals surface area contributed by atoms with Crippen molar-refractivity contribution in [3.63, 3.8) is 0 Å². The van der Waals surface area contributed by atoms with E-state index in [9.17, 15) is 13.8 Å². The Hall–Kier alpha value is -10.3. The monoisotopic (exact) mass is 1680 g/mol. The van der Waals surface area contributed by atoms with Gasteiger partial charge in [0.05, 0.1) is 38.6 Å². The summed E-state index contributed by atoms with van der Waals surface area (Å²) in [6.07, 6.45) is 16.6. The zero-order valence-electron chi connectivity index (χ0n) is 74.5. The third kappa shape index (κ3) is 22.9. The van der Waals surface area contributed by atoms with Gasteiger partial charge in [0.1, 0.15) is 5.82 Å². The third-order valence-corrected chi connectivity index (χ3v) is 27.6. The van der Waals surface area contributed by atoms with Gasteiger partial charge >= 0.3 is 5.97 Å². The second kappa shape index (κ2) is 37.6. The first kappa shape index (κ1) is 91.5. The van der Waals surface area contributed by atoms with Crippen LogP contribution >= 0.6 is 35.0 Å². The van der Waals surface area contributed by atoms with Crippen molar-refractivity contribution >= 4 is 63.2 Å². The number of anilines is 1. The van der Waals surface area contributed by atoms with Gasteiger partial charge in [-0.25, -0.2) is 24.7 Å². The highest BCUT2D eigenvalue weighted by Crippen LogP contribution is 2.50. The van der Waals surface area contributed by atoms with E-state index < -0.39 is 16.8 Å². The number of nitrogen functional groups attached to an aromatic ring is 1. The summed E-state index contributed by atoms with van der Waals surface area (Å²) in [6, 6.07) is 48.8. The van der Waals surface area contributed by atoms with Crippen LogP contribution in [0.4, 0.5) is 5.69 Å². The highest BCUT2D eigenvalue weighted by molar-refractivity contribution is 7.99. The molecule has 15 rings (SSSR count). The van der Waals surface area contributed by atoms with Crippen LogP contribution < -0.4 is 5.73 Å². The number of halogens is 2. The SMILES string of the molecule is CC(=O)c1ccc(C#Cc2ccc3c(c2)C(C)(C)CCS3)cc1Cl.CCOC(=O)c1ccc(C#Cc2ccc3c(c2)C(C)(C)CCS3=O)cc1Cl.Cc1ccc(C#Cc2ccc3c(c2)C(C)(C)CCC3(C)C)cc1N.Cc1cnc(C#Cc2ccc3c(c2)C(C)(C)CCC3(C)C)nc1.Cc1ncc(C#Cc2ccc3c(c2)C(C)(C)CCC3(C)C)cn1. The molecule has 8 aromatic carbocycles. The second-order valence-corrected chi connectivity index (χ2v) is 41.3. The molecule has 0 bridgehead atoms. The fourth-order valence-electron chi connectivity index (χ4n) is 15.9. The maximum absolute atomic E-state index is 12.3. The predicted octanol–water partition coefficient (Wildman–Crippen LogP) is 24.8. The van der Waals surface area contributed by atoms with Crippen molar-refractivity contribution in [1.82, 2.24) is 19.9 Å². The van der Waals surface area contributed by atoms with Gasteiger partial charge in [-0.05, 0) is 318 Å². The molecule has 0 fully saturated rings. The van der Waals surface area contributed by atoms with Crippen molar-refractivity contribution in [1.29, 1.82) is 0 Å². The van der Waals surface area contributed by atoms with Crippen LogP contribution in [-0.4, -0.2) is 54.0 Å². The quantitative estimate of drug-likeness (QED) is 0.0787. The molecular formula is C108H115Cl2N5O4S2. The molecule has 1 atom stereocenters. The molecule has 3 aliphatic carbocycles. The number of hydrogen-bond acceptors (Lipinski definition) is 10. The highest BCUT2D eigenvalue weighted by Gasteiger charge is 2.40. The van der Waals surface area contributed by atoms with Crippen LogP contribution in [0.5, 0.6) is 0 Å². The summed E-state index contributed by atoms with van der Waals surface area (Å²) in [6.45, 7) is 46.5. The van der Waals surface area contributed by atoms with E-state index >= 15 is 0 Å². The first-order chi connectivity index (χ1) is 56.9. The fourth-order valence-corrected chi connectivity index (χ4v) is 19.7. The molecule has 13 heteroatoms. The number of ketones is 1. The largest absolute Gasteiger partial charge is 0.462 e. The lowest BCUT2D eigenvalue weighted by atomic mass is 9.63. The lowest BCUT2D eigenvalue weighted by molar-refractivity contribution is 0.0526. The average Bonchev–Trinajstić information content (AvgIpc) is 0.765. The lowest BCUT2D eigenvalue weighted by Crippen LogP contribution is -2.33. The van der Waals surface area contributed by atoms with Crippen LogP contribution in [0.3, 0.4) is 0 Å². The smallest absolute Gasteiger partial charge is 0.339 e. The summed E-state index contributed by atoms with van der Waals surface area (Å²) >= 11 is 14.3. The van der Waals surface area contributed by atoms with Crippen molar-refractivity contribution in [2.45, 2.75) is 250 Å². The normalized spacial score (nSPS) is 17.1. The number of aryl methyl sites for hydroxylation is 3. The Morgan fingerprint density at radius 1 is 0.405 bits per heavy atom. The van der Waals surface area contributed by atoms with E-state index in [1.807, 2.05) is 75.0 Å². The minimum atomic E-state index is -0.932. The standard InChI is InChI=1S/C23H27N.C22H21ClO3S.C21H19ClOS.2C21H24N2/c1-16-6-7-18(15-21(16)24)9-8-17-10-11-19-20(14-17)23(4,5)13-12-22(19,2)3;1-4-26-21(24)17-9-7-16(14-19(17)23)6-5-15-8-10-20-18(13-15)22(2,3)11-12-27(20)25;1-14(23)17-8-6-16(13-19(17)22)5-4-15-7-9-20-18(12-15)21(2,3)10-11-24-20;1-15-13-22-19(23-14-15)9-7-16-6-8-17-18(12-16)21(4,5)11-10-20(17,2)3;1-15-22-13-17(14-23-15)7-6-16-8-9-18-19(12-16)21(4,5)11-10-20(18,2)3/h6-7,10-11,14-15H,12-13,24H2,1-5H3;7-10,13-14H,4,11-12H2,1-3H3;6-9,12-13H,10-11H2,1-3H3;6,8,12-14H,10-11H2,1-5H3;8-9,12-14H,10-11H2,1-5H3. The molecule has 0 saturated heterocycles. The van der Waals surface area contributed by atoms with Crippen LogP contribution in [-0.2, 0) is 58.9 Å². The number of hydrogen-bond donors (Lipinski definition) is 1. The molecule has 0 saturated carbocycles. The van der Waals surface area contributed by atoms with E-state index in [1.165, 1.54) is 101 Å². The highest BCUT2D eigenvalue weighted by atomic mass is 35.5. The summed E-state index contributed by atoms with van der Waals surface area (Å²) < 4.78 is 17.2. The zero-order valence-corrected chi connectivity index (χ0v) is 77.7. The summed E-state index contributed by atoms with van der Waals surface area (Å²) in [7, 11) is -0.932. The van der Waals surface area contributed by atoms with Gasteiger partial charge in [0.2, 0.25) is 5.82 Å². The number of carbonyl (C=O) groups excluding carboxylic acids is 2. The minimum Gasteiger partial charge on any atom is -0.462 e. The Bertz CT molecular complexity index is 5840. The van der Waals surface area contributed by atoms with Gasteiger partial charge in [-0.2, -0.15) is 0 Å². The molecule has 2 aromatic heterocycles. The number of ether oxygens (including phenoxy) is 1. The van der Waals surface area contributed by atoms with E-state index in [1.54, 1.807) is 62.0 Å². The minimum absolute atomic E-state index is 0.00840. The van der Waals surface area contributed by atoms with Gasteiger partial charge in [0, 0.05) is 96.1 Å². The molecule has 9 nitrogen and oxygen atoms in total. The first-order valence-electron chi connectivity index (χ1n) is 42.0. The fraction of sp³-hybridized carbons (Fsp3) is 0.370. The Balaban J connectivity index is 0.000000148. The predicted molar refractivity (Wildman–Crippen MR) is 503 cm³/mol. The molecule has 4 heterocycles. The van der Waals surface area contributed by atoms with E-state index in [0.717, 1.165) is 84.0 Å². The van der Waals surface area contributed by atoms with Crippen LogP contribution in [0.2, 0.25) is 10.0 Å². The number of thioether (sulfide) groups is 1. The van der Waals surface area contributed by atoms with Crippen LogP contribution in [0.1, 0.15) is 314 Å². The Labute approximate surface area is 738 Å². The Morgan fingerprint density at radius 2 is 0.760 bits per heavy atom. The lowest BCUT2D eigenvalue weighted by Gasteiger charge is -2.41. The average molecular weight is 1680 g/mol. The third-order valence-electron chi connectivity index (χ3n) is 24.5. The van der Waals surface area contributed by atoms with E-state index in [0.29, 0.717) is 44.9 Å². The molecule has 2 aliphatic heterocycles. The number of nitrogens with two attached hydrogens (primary N) is 1. The van der Waals surface area contributed by atoms with Gasteiger partial charge in [-0.3, -0.25) is 9.00 Å².